The summed E-state index contributed by atoms with van der Waals surface area (Å²) in [6.45, 7) is 1.42. The first-order chi connectivity index (χ1) is 11.4. The van der Waals surface area contributed by atoms with Crippen LogP contribution in [0.3, 0.4) is 0 Å². The molecule has 0 aliphatic carbocycles. The smallest absolute Gasteiger partial charge is 0.191 e. The van der Waals surface area contributed by atoms with Gasteiger partial charge in [0.1, 0.15) is 0 Å². The Kier molecular flexibility index (Phi) is 5.39. The molecule has 0 radical (unpaired) electrons. The van der Waals surface area contributed by atoms with Gasteiger partial charge in [0.2, 0.25) is 0 Å². The summed E-state index contributed by atoms with van der Waals surface area (Å²) >= 11 is 1.65. The molecule has 0 unspecified atom stereocenters. The molecule has 0 saturated carbocycles. The zero-order valence-electron chi connectivity index (χ0n) is 12.9. The lowest BCUT2D eigenvalue weighted by Crippen LogP contribution is -2.05. The fourth-order valence-corrected chi connectivity index (χ4v) is 3.07. The Morgan fingerprint density at radius 1 is 1.09 bits per heavy atom. The van der Waals surface area contributed by atoms with Crippen molar-refractivity contribution in [3.8, 4) is 11.4 Å². The van der Waals surface area contributed by atoms with E-state index in [1.54, 1.807) is 25.1 Å². The highest BCUT2D eigenvalue weighted by atomic mass is 32.2. The summed E-state index contributed by atoms with van der Waals surface area (Å²) in [7, 11) is 1.70. The third kappa shape index (κ3) is 3.97. The van der Waals surface area contributed by atoms with Crippen LogP contribution in [0.25, 0.3) is 11.4 Å². The van der Waals surface area contributed by atoms with Gasteiger partial charge in [0.25, 0.3) is 0 Å². The maximum atomic E-state index is 5.12. The number of ether oxygens (including phenoxy) is 1. The first kappa shape index (κ1) is 15.7. The molecule has 0 N–H and O–H groups in total. The molecule has 0 spiro atoms. The Morgan fingerprint density at radius 3 is 2.70 bits per heavy atom. The molecule has 0 saturated heterocycles. The standard InChI is InChI=1S/C17H18N4OS/c1-22-10-11-23-17-20-19-16(15-8-5-9-18-12-15)21(17)13-14-6-3-2-4-7-14/h2-9,12H,10-11,13H2,1H3. The zero-order valence-corrected chi connectivity index (χ0v) is 13.7. The zero-order chi connectivity index (χ0) is 15.9. The van der Waals surface area contributed by atoms with E-state index < -0.39 is 0 Å². The summed E-state index contributed by atoms with van der Waals surface area (Å²) in [6.07, 6.45) is 3.57. The molecule has 0 atom stereocenters. The topological polar surface area (TPSA) is 52.8 Å². The Balaban J connectivity index is 1.93. The second-order valence-electron chi connectivity index (χ2n) is 4.96. The van der Waals surface area contributed by atoms with Crippen molar-refractivity contribution in [1.29, 1.82) is 0 Å². The molecule has 118 valence electrons. The van der Waals surface area contributed by atoms with E-state index in [0.29, 0.717) is 6.61 Å². The van der Waals surface area contributed by atoms with Crippen LogP contribution in [0, 0.1) is 0 Å². The van der Waals surface area contributed by atoms with Gasteiger partial charge < -0.3 is 4.74 Å². The number of aromatic nitrogens is 4. The minimum atomic E-state index is 0.686. The molecule has 0 fully saturated rings. The summed E-state index contributed by atoms with van der Waals surface area (Å²) in [4.78, 5) is 4.19. The lowest BCUT2D eigenvalue weighted by molar-refractivity contribution is 0.218. The van der Waals surface area contributed by atoms with E-state index in [4.69, 9.17) is 4.74 Å². The van der Waals surface area contributed by atoms with Crippen molar-refractivity contribution in [1.82, 2.24) is 19.7 Å². The van der Waals surface area contributed by atoms with E-state index in [-0.39, 0.29) is 0 Å². The highest BCUT2D eigenvalue weighted by molar-refractivity contribution is 7.99. The fourth-order valence-electron chi connectivity index (χ4n) is 2.23. The predicted octanol–water partition coefficient (Wildman–Crippen LogP) is 3.13. The molecule has 3 rings (SSSR count). The number of nitrogens with zero attached hydrogens (tertiary/aromatic N) is 4. The highest BCUT2D eigenvalue weighted by Gasteiger charge is 2.14. The normalized spacial score (nSPS) is 10.8. The lowest BCUT2D eigenvalue weighted by atomic mass is 10.2. The van der Waals surface area contributed by atoms with E-state index in [0.717, 1.165) is 28.8 Å². The van der Waals surface area contributed by atoms with Crippen LogP contribution in [0.5, 0.6) is 0 Å². The Morgan fingerprint density at radius 2 is 1.96 bits per heavy atom. The molecule has 0 bridgehead atoms. The molecule has 5 nitrogen and oxygen atoms in total. The van der Waals surface area contributed by atoms with E-state index >= 15 is 0 Å². The molecule has 0 aliphatic rings. The van der Waals surface area contributed by atoms with E-state index in [2.05, 4.69) is 31.9 Å². The second kappa shape index (κ2) is 7.89. The van der Waals surface area contributed by atoms with Gasteiger partial charge in [-0.3, -0.25) is 9.55 Å². The van der Waals surface area contributed by atoms with Crippen LogP contribution in [0.4, 0.5) is 0 Å². The highest BCUT2D eigenvalue weighted by Crippen LogP contribution is 2.24. The number of hydrogen-bond acceptors (Lipinski definition) is 5. The second-order valence-corrected chi connectivity index (χ2v) is 6.02. The molecule has 0 aliphatic heterocycles. The van der Waals surface area contributed by atoms with Gasteiger partial charge in [0, 0.05) is 30.8 Å². The van der Waals surface area contributed by atoms with Gasteiger partial charge in [-0.05, 0) is 17.7 Å². The van der Waals surface area contributed by atoms with Crippen LogP contribution >= 0.6 is 11.8 Å². The molecule has 2 heterocycles. The summed E-state index contributed by atoms with van der Waals surface area (Å²) in [6, 6.07) is 14.2. The number of rotatable bonds is 7. The van der Waals surface area contributed by atoms with Crippen LogP contribution < -0.4 is 0 Å². The van der Waals surface area contributed by atoms with Crippen LogP contribution in [0.1, 0.15) is 5.56 Å². The predicted molar refractivity (Wildman–Crippen MR) is 91.4 cm³/mol. The molecule has 1 aromatic carbocycles. The summed E-state index contributed by atoms with van der Waals surface area (Å²) in [5.41, 5.74) is 2.18. The largest absolute Gasteiger partial charge is 0.384 e. The van der Waals surface area contributed by atoms with Gasteiger partial charge in [0.15, 0.2) is 11.0 Å². The molecule has 23 heavy (non-hydrogen) atoms. The van der Waals surface area contributed by atoms with Crippen LogP contribution in [0.2, 0.25) is 0 Å². The molecular weight excluding hydrogens is 308 g/mol. The Bertz CT molecular complexity index is 731. The van der Waals surface area contributed by atoms with Crippen molar-refractivity contribution in [3.05, 3.63) is 60.4 Å². The summed E-state index contributed by atoms with van der Waals surface area (Å²) < 4.78 is 7.26. The van der Waals surface area contributed by atoms with Gasteiger partial charge in [-0.2, -0.15) is 0 Å². The van der Waals surface area contributed by atoms with Crippen molar-refractivity contribution < 1.29 is 4.74 Å². The van der Waals surface area contributed by atoms with Crippen LogP contribution in [-0.4, -0.2) is 39.2 Å². The van der Waals surface area contributed by atoms with Crippen molar-refractivity contribution in [2.24, 2.45) is 0 Å². The number of thioether (sulfide) groups is 1. The first-order valence-corrected chi connectivity index (χ1v) is 8.36. The fraction of sp³-hybridized carbons (Fsp3) is 0.235. The Hall–Kier alpha value is -2.18. The minimum Gasteiger partial charge on any atom is -0.384 e. The quantitative estimate of drug-likeness (QED) is 0.493. The molecular formula is C17H18N4OS. The van der Waals surface area contributed by atoms with E-state index in [1.807, 2.05) is 36.5 Å². The third-order valence-corrected chi connectivity index (χ3v) is 4.27. The number of benzene rings is 1. The molecule has 0 amide bonds. The van der Waals surface area contributed by atoms with Gasteiger partial charge >= 0.3 is 0 Å². The molecule has 3 aromatic rings. The van der Waals surface area contributed by atoms with E-state index in [1.165, 1.54) is 5.56 Å². The SMILES string of the molecule is COCCSc1nnc(-c2cccnc2)n1Cc1ccccc1. The maximum absolute atomic E-state index is 5.12. The van der Waals surface area contributed by atoms with Crippen LogP contribution in [-0.2, 0) is 11.3 Å². The van der Waals surface area contributed by atoms with E-state index in [9.17, 15) is 0 Å². The number of hydrogen-bond donors (Lipinski definition) is 0. The lowest BCUT2D eigenvalue weighted by Gasteiger charge is -2.10. The average Bonchev–Trinajstić information content (AvgIpc) is 3.00. The monoisotopic (exact) mass is 326 g/mol. The average molecular weight is 326 g/mol. The summed E-state index contributed by atoms with van der Waals surface area (Å²) in [5, 5.41) is 9.62. The summed E-state index contributed by atoms with van der Waals surface area (Å²) in [5.74, 6) is 1.68. The first-order valence-electron chi connectivity index (χ1n) is 7.38. The molecule has 2 aromatic heterocycles. The molecule has 6 heteroatoms. The van der Waals surface area contributed by atoms with Gasteiger partial charge in [0.05, 0.1) is 13.2 Å². The van der Waals surface area contributed by atoms with Gasteiger partial charge in [-0.25, -0.2) is 0 Å². The van der Waals surface area contributed by atoms with Gasteiger partial charge in [-0.1, -0.05) is 42.1 Å². The number of pyridine rings is 1. The third-order valence-electron chi connectivity index (χ3n) is 3.34. The van der Waals surface area contributed by atoms with Gasteiger partial charge in [-0.15, -0.1) is 10.2 Å². The van der Waals surface area contributed by atoms with Crippen molar-refractivity contribution in [3.63, 3.8) is 0 Å². The van der Waals surface area contributed by atoms with Crippen molar-refractivity contribution >= 4 is 11.8 Å². The Labute approximate surface area is 139 Å². The van der Waals surface area contributed by atoms with Crippen LogP contribution in [0.15, 0.2) is 60.0 Å². The van der Waals surface area contributed by atoms with Crippen molar-refractivity contribution in [2.45, 2.75) is 11.7 Å². The number of methoxy groups -OCH3 is 1. The van der Waals surface area contributed by atoms with Crippen molar-refractivity contribution in [2.75, 3.05) is 19.5 Å². The maximum Gasteiger partial charge on any atom is 0.191 e. The minimum absolute atomic E-state index is 0.686.